The second kappa shape index (κ2) is 9.56. The largest absolute Gasteiger partial charge is 0.497 e. The Morgan fingerprint density at radius 1 is 1.24 bits per heavy atom. The second-order valence-electron chi connectivity index (χ2n) is 6.64. The van der Waals surface area contributed by atoms with Crippen molar-refractivity contribution in [1.82, 2.24) is 14.9 Å². The van der Waals surface area contributed by atoms with Gasteiger partial charge in [0.1, 0.15) is 22.0 Å². The molecule has 0 atom stereocenters. The van der Waals surface area contributed by atoms with E-state index >= 15 is 0 Å². The molecule has 29 heavy (non-hydrogen) atoms. The minimum atomic E-state index is -0.162. The Kier molecular flexibility index (Phi) is 6.87. The molecule has 0 bridgehead atoms. The summed E-state index contributed by atoms with van der Waals surface area (Å²) in [6.45, 7) is 2.89. The summed E-state index contributed by atoms with van der Waals surface area (Å²) in [6, 6.07) is 7.38. The Hall–Kier alpha value is -2.87. The van der Waals surface area contributed by atoms with E-state index in [4.69, 9.17) is 9.47 Å². The highest BCUT2D eigenvalue weighted by Crippen LogP contribution is 2.25. The third kappa shape index (κ3) is 4.95. The number of carbonyl (C=O) groups excluding carboxylic acids is 1. The van der Waals surface area contributed by atoms with Gasteiger partial charge in [-0.25, -0.2) is 4.98 Å². The monoisotopic (exact) mass is 415 g/mol. The number of nitrogens with zero attached hydrogens (tertiary/aromatic N) is 2. The van der Waals surface area contributed by atoms with Gasteiger partial charge in [-0.3, -0.25) is 9.59 Å². The number of ether oxygens (including phenoxy) is 2. The van der Waals surface area contributed by atoms with E-state index < -0.39 is 0 Å². The number of methoxy groups -OCH3 is 2. The van der Waals surface area contributed by atoms with Gasteiger partial charge in [0.2, 0.25) is 5.91 Å². The molecule has 0 spiro atoms. The van der Waals surface area contributed by atoms with Gasteiger partial charge >= 0.3 is 0 Å². The van der Waals surface area contributed by atoms with Crippen LogP contribution in [-0.4, -0.2) is 41.5 Å². The summed E-state index contributed by atoms with van der Waals surface area (Å²) in [5.41, 5.74) is 1.42. The quantitative estimate of drug-likeness (QED) is 0.579. The number of carbonyl (C=O) groups is 1. The van der Waals surface area contributed by atoms with Gasteiger partial charge in [0.15, 0.2) is 0 Å². The van der Waals surface area contributed by atoms with E-state index in [1.165, 1.54) is 11.3 Å². The highest BCUT2D eigenvalue weighted by molar-refractivity contribution is 7.17. The van der Waals surface area contributed by atoms with Gasteiger partial charge in [0.25, 0.3) is 5.56 Å². The molecule has 2 heterocycles. The van der Waals surface area contributed by atoms with Crippen LogP contribution in [0.2, 0.25) is 0 Å². The zero-order valence-corrected chi connectivity index (χ0v) is 17.7. The summed E-state index contributed by atoms with van der Waals surface area (Å²) >= 11 is 1.36. The first kappa shape index (κ1) is 20.9. The molecule has 8 heteroatoms. The van der Waals surface area contributed by atoms with E-state index in [-0.39, 0.29) is 18.0 Å². The molecular weight excluding hydrogens is 390 g/mol. The van der Waals surface area contributed by atoms with Gasteiger partial charge in [-0.2, -0.15) is 0 Å². The predicted molar refractivity (Wildman–Crippen MR) is 114 cm³/mol. The molecule has 0 aliphatic rings. The summed E-state index contributed by atoms with van der Waals surface area (Å²) in [5.74, 6) is 1.96. The number of thiophene rings is 1. The lowest BCUT2D eigenvalue weighted by atomic mass is 10.1. The molecule has 0 radical (unpaired) electrons. The van der Waals surface area contributed by atoms with Gasteiger partial charge in [0.05, 0.1) is 26.3 Å². The van der Waals surface area contributed by atoms with E-state index in [9.17, 15) is 9.59 Å². The molecule has 1 amide bonds. The summed E-state index contributed by atoms with van der Waals surface area (Å²) in [5, 5.41) is 1.84. The molecule has 0 fully saturated rings. The molecule has 2 aromatic heterocycles. The van der Waals surface area contributed by atoms with Gasteiger partial charge in [0, 0.05) is 13.0 Å². The van der Waals surface area contributed by atoms with Crippen molar-refractivity contribution in [2.75, 3.05) is 20.8 Å². The Bertz CT molecular complexity index is 1040. The molecule has 1 aromatic carbocycles. The van der Waals surface area contributed by atoms with Crippen LogP contribution in [0.1, 0.15) is 31.2 Å². The van der Waals surface area contributed by atoms with E-state index in [1.54, 1.807) is 19.1 Å². The maximum absolute atomic E-state index is 12.9. The number of nitrogens with one attached hydrogen (secondary N) is 1. The topological polar surface area (TPSA) is 84.5 Å². The first-order chi connectivity index (χ1) is 14.0. The number of rotatable bonds is 9. The van der Waals surface area contributed by atoms with Crippen LogP contribution in [0, 0.1) is 0 Å². The zero-order valence-electron chi connectivity index (χ0n) is 16.9. The lowest BCUT2D eigenvalue weighted by molar-refractivity contribution is -0.131. The van der Waals surface area contributed by atoms with Crippen LogP contribution in [0.15, 0.2) is 34.4 Å². The van der Waals surface area contributed by atoms with Crippen molar-refractivity contribution < 1.29 is 14.3 Å². The summed E-state index contributed by atoms with van der Waals surface area (Å²) < 4.78 is 11.3. The number of aromatic nitrogens is 2. The average molecular weight is 416 g/mol. The number of fused-ring (bicyclic) bond motifs is 1. The van der Waals surface area contributed by atoms with Crippen LogP contribution in [0.5, 0.6) is 11.5 Å². The number of amides is 1. The van der Waals surface area contributed by atoms with Crippen molar-refractivity contribution in [3.63, 3.8) is 0 Å². The Morgan fingerprint density at radius 2 is 2.07 bits per heavy atom. The highest BCUT2D eigenvalue weighted by atomic mass is 32.1. The lowest BCUT2D eigenvalue weighted by Gasteiger charge is -2.22. The van der Waals surface area contributed by atoms with Crippen molar-refractivity contribution >= 4 is 27.5 Å². The maximum Gasteiger partial charge on any atom is 0.268 e. The molecule has 0 unspecified atom stereocenters. The third-order valence-corrected chi connectivity index (χ3v) is 5.55. The molecule has 0 saturated heterocycles. The Labute approximate surface area is 173 Å². The van der Waals surface area contributed by atoms with Crippen molar-refractivity contribution in [3.8, 4) is 11.5 Å². The fraction of sp³-hybridized carbons (Fsp3) is 0.381. The molecule has 0 aliphatic carbocycles. The fourth-order valence-corrected chi connectivity index (χ4v) is 3.94. The predicted octanol–water partition coefficient (Wildman–Crippen LogP) is 3.37. The van der Waals surface area contributed by atoms with E-state index in [0.29, 0.717) is 35.4 Å². The Morgan fingerprint density at radius 3 is 2.79 bits per heavy atom. The van der Waals surface area contributed by atoms with E-state index in [0.717, 1.165) is 23.5 Å². The summed E-state index contributed by atoms with van der Waals surface area (Å²) in [4.78, 5) is 34.1. The number of benzene rings is 1. The number of hydrogen-bond acceptors (Lipinski definition) is 6. The fourth-order valence-electron chi connectivity index (χ4n) is 3.22. The minimum absolute atomic E-state index is 0.00443. The molecule has 154 valence electrons. The molecule has 1 N–H and O–H groups in total. The standard InChI is InChI=1S/C21H25N3O4S/c1-4-10-24(13-18-22-16-9-11-29-20(16)21(26)23-18)19(25)8-5-14-12-15(27-2)6-7-17(14)28-3/h6-7,9,11-12H,4-5,8,10,13H2,1-3H3,(H,22,23,26). The SMILES string of the molecule is CCCN(Cc1nc2ccsc2c(=O)[nH]1)C(=O)CCc1cc(OC)ccc1OC. The first-order valence-corrected chi connectivity index (χ1v) is 10.4. The maximum atomic E-state index is 12.9. The first-order valence-electron chi connectivity index (χ1n) is 9.50. The summed E-state index contributed by atoms with van der Waals surface area (Å²) in [6.07, 6.45) is 1.68. The number of hydrogen-bond donors (Lipinski definition) is 1. The lowest BCUT2D eigenvalue weighted by Crippen LogP contribution is -2.33. The smallest absolute Gasteiger partial charge is 0.268 e. The van der Waals surface area contributed by atoms with Crippen LogP contribution < -0.4 is 15.0 Å². The minimum Gasteiger partial charge on any atom is -0.497 e. The van der Waals surface area contributed by atoms with Crippen LogP contribution in [0.25, 0.3) is 10.2 Å². The molecule has 0 saturated carbocycles. The van der Waals surface area contributed by atoms with Gasteiger partial charge in [-0.05, 0) is 48.1 Å². The zero-order chi connectivity index (χ0) is 20.8. The van der Waals surface area contributed by atoms with Crippen molar-refractivity contribution in [3.05, 3.63) is 51.4 Å². The third-order valence-electron chi connectivity index (χ3n) is 4.65. The number of aromatic amines is 1. The molecule has 3 aromatic rings. The normalized spacial score (nSPS) is 10.9. The number of aryl methyl sites for hydroxylation is 1. The summed E-state index contributed by atoms with van der Waals surface area (Å²) in [7, 11) is 3.22. The van der Waals surface area contributed by atoms with E-state index in [1.807, 2.05) is 36.6 Å². The molecular formula is C21H25N3O4S. The Balaban J connectivity index is 1.73. The molecule has 7 nitrogen and oxygen atoms in total. The highest BCUT2D eigenvalue weighted by Gasteiger charge is 2.17. The van der Waals surface area contributed by atoms with Crippen LogP contribution in [0.3, 0.4) is 0 Å². The molecule has 3 rings (SSSR count). The van der Waals surface area contributed by atoms with Gasteiger partial charge in [-0.1, -0.05) is 6.92 Å². The average Bonchev–Trinajstić information content (AvgIpc) is 3.20. The van der Waals surface area contributed by atoms with Crippen molar-refractivity contribution in [2.24, 2.45) is 0 Å². The van der Waals surface area contributed by atoms with Crippen LogP contribution >= 0.6 is 11.3 Å². The van der Waals surface area contributed by atoms with E-state index in [2.05, 4.69) is 9.97 Å². The van der Waals surface area contributed by atoms with Crippen LogP contribution in [-0.2, 0) is 17.8 Å². The number of H-pyrrole nitrogens is 1. The van der Waals surface area contributed by atoms with Gasteiger partial charge < -0.3 is 19.4 Å². The van der Waals surface area contributed by atoms with Crippen molar-refractivity contribution in [1.29, 1.82) is 0 Å². The van der Waals surface area contributed by atoms with Crippen LogP contribution in [0.4, 0.5) is 0 Å². The van der Waals surface area contributed by atoms with Gasteiger partial charge in [-0.15, -0.1) is 11.3 Å². The van der Waals surface area contributed by atoms with Crippen molar-refractivity contribution in [2.45, 2.75) is 32.7 Å². The second-order valence-corrected chi connectivity index (χ2v) is 7.56. The molecule has 0 aliphatic heterocycles.